The molecule has 0 saturated carbocycles. The van der Waals surface area contributed by atoms with Crippen LogP contribution < -0.4 is 5.32 Å². The van der Waals surface area contributed by atoms with Crippen LogP contribution in [-0.2, 0) is 4.74 Å². The summed E-state index contributed by atoms with van der Waals surface area (Å²) in [6, 6.07) is 9.91. The van der Waals surface area contributed by atoms with Gasteiger partial charge in [-0.05, 0) is 18.4 Å². The molecule has 0 saturated heterocycles. The average molecular weight is 277 g/mol. The van der Waals surface area contributed by atoms with Crippen molar-refractivity contribution in [1.29, 1.82) is 0 Å². The molecule has 1 N–H and O–H groups in total. The van der Waals surface area contributed by atoms with Crippen LogP contribution in [0.15, 0.2) is 42.5 Å². The molecule has 0 aliphatic rings. The van der Waals surface area contributed by atoms with Crippen LogP contribution >= 0.6 is 11.6 Å². The maximum atomic E-state index is 6.15. The standard InChI is InChI=1S/C15H17ClN2O/c1-11(2)10-19-8-7-17-14-9-12-5-3-4-6-13(12)15(16)18-14/h3-6,9H,1,7-8,10H2,2H3,(H,17,18). The van der Waals surface area contributed by atoms with Gasteiger partial charge in [0.15, 0.2) is 0 Å². The van der Waals surface area contributed by atoms with Crippen molar-refractivity contribution >= 4 is 28.2 Å². The molecule has 0 spiro atoms. The molecule has 0 unspecified atom stereocenters. The molecule has 0 fully saturated rings. The van der Waals surface area contributed by atoms with Gasteiger partial charge in [0, 0.05) is 11.9 Å². The number of halogens is 1. The molecule has 100 valence electrons. The Morgan fingerprint density at radius 1 is 1.42 bits per heavy atom. The number of benzene rings is 1. The number of pyridine rings is 1. The van der Waals surface area contributed by atoms with Gasteiger partial charge in [0.2, 0.25) is 0 Å². The summed E-state index contributed by atoms with van der Waals surface area (Å²) >= 11 is 6.15. The number of ether oxygens (including phenoxy) is 1. The molecule has 0 aliphatic heterocycles. The van der Waals surface area contributed by atoms with Crippen molar-refractivity contribution in [1.82, 2.24) is 4.98 Å². The molecule has 2 aromatic rings. The maximum absolute atomic E-state index is 6.15. The van der Waals surface area contributed by atoms with Crippen molar-refractivity contribution in [2.24, 2.45) is 0 Å². The lowest BCUT2D eigenvalue weighted by atomic mass is 10.2. The Morgan fingerprint density at radius 3 is 3.00 bits per heavy atom. The minimum absolute atomic E-state index is 0.517. The van der Waals surface area contributed by atoms with Gasteiger partial charge in [0.05, 0.1) is 13.2 Å². The number of anilines is 1. The van der Waals surface area contributed by atoms with Gasteiger partial charge in [0.25, 0.3) is 0 Å². The summed E-state index contributed by atoms with van der Waals surface area (Å²) in [5, 5.41) is 5.76. The van der Waals surface area contributed by atoms with Crippen molar-refractivity contribution in [3.05, 3.63) is 47.6 Å². The van der Waals surface area contributed by atoms with Crippen molar-refractivity contribution in [2.75, 3.05) is 25.1 Å². The lowest BCUT2D eigenvalue weighted by Gasteiger charge is -2.08. The zero-order valence-electron chi connectivity index (χ0n) is 10.9. The van der Waals surface area contributed by atoms with E-state index in [1.807, 2.05) is 37.3 Å². The Kier molecular flexibility index (Phi) is 4.77. The monoisotopic (exact) mass is 276 g/mol. The van der Waals surface area contributed by atoms with Gasteiger partial charge >= 0.3 is 0 Å². The molecule has 0 amide bonds. The molecule has 2 rings (SSSR count). The third-order valence-electron chi connectivity index (χ3n) is 2.59. The predicted molar refractivity (Wildman–Crippen MR) is 80.9 cm³/mol. The molecular formula is C15H17ClN2O. The summed E-state index contributed by atoms with van der Waals surface area (Å²) in [6.07, 6.45) is 0. The van der Waals surface area contributed by atoms with Gasteiger partial charge in [-0.2, -0.15) is 0 Å². The van der Waals surface area contributed by atoms with Crippen LogP contribution in [-0.4, -0.2) is 24.7 Å². The highest BCUT2D eigenvalue weighted by Gasteiger charge is 2.02. The van der Waals surface area contributed by atoms with Gasteiger partial charge < -0.3 is 10.1 Å². The minimum atomic E-state index is 0.517. The van der Waals surface area contributed by atoms with Crippen LogP contribution in [0.2, 0.25) is 5.15 Å². The first kappa shape index (κ1) is 13.8. The number of hydrogen-bond donors (Lipinski definition) is 1. The Labute approximate surface area is 118 Å². The molecule has 0 radical (unpaired) electrons. The fourth-order valence-corrected chi connectivity index (χ4v) is 2.01. The van der Waals surface area contributed by atoms with E-state index >= 15 is 0 Å². The molecule has 0 atom stereocenters. The van der Waals surface area contributed by atoms with Crippen molar-refractivity contribution in [3.63, 3.8) is 0 Å². The minimum Gasteiger partial charge on any atom is -0.375 e. The topological polar surface area (TPSA) is 34.1 Å². The first-order valence-electron chi connectivity index (χ1n) is 6.18. The second-order valence-electron chi connectivity index (χ2n) is 4.46. The van der Waals surface area contributed by atoms with Gasteiger partial charge in [0.1, 0.15) is 11.0 Å². The Balaban J connectivity index is 1.96. The predicted octanol–water partition coefficient (Wildman–Crippen LogP) is 3.89. The van der Waals surface area contributed by atoms with Crippen LogP contribution in [0.25, 0.3) is 10.8 Å². The van der Waals surface area contributed by atoms with E-state index in [1.165, 1.54) is 0 Å². The van der Waals surface area contributed by atoms with Gasteiger partial charge in [-0.15, -0.1) is 0 Å². The van der Waals surface area contributed by atoms with Gasteiger partial charge in [-0.3, -0.25) is 0 Å². The first-order chi connectivity index (χ1) is 9.16. The SMILES string of the molecule is C=C(C)COCCNc1cc2ccccc2c(Cl)n1. The van der Waals surface area contributed by atoms with Gasteiger partial charge in [-0.1, -0.05) is 48.0 Å². The smallest absolute Gasteiger partial charge is 0.139 e. The van der Waals surface area contributed by atoms with Crippen molar-refractivity contribution in [2.45, 2.75) is 6.92 Å². The molecule has 4 heteroatoms. The number of aromatic nitrogens is 1. The van der Waals surface area contributed by atoms with Crippen LogP contribution in [0.3, 0.4) is 0 Å². The molecule has 1 aromatic carbocycles. The third kappa shape index (κ3) is 3.94. The second kappa shape index (κ2) is 6.55. The zero-order chi connectivity index (χ0) is 13.7. The third-order valence-corrected chi connectivity index (χ3v) is 2.88. The first-order valence-corrected chi connectivity index (χ1v) is 6.56. The van der Waals surface area contributed by atoms with E-state index in [-0.39, 0.29) is 0 Å². The molecule has 19 heavy (non-hydrogen) atoms. The summed E-state index contributed by atoms with van der Waals surface area (Å²) in [5.74, 6) is 0.766. The molecule has 0 aliphatic carbocycles. The largest absolute Gasteiger partial charge is 0.375 e. The summed E-state index contributed by atoms with van der Waals surface area (Å²) in [7, 11) is 0. The Bertz CT molecular complexity index is 583. The highest BCUT2D eigenvalue weighted by atomic mass is 35.5. The fourth-order valence-electron chi connectivity index (χ4n) is 1.74. The van der Waals surface area contributed by atoms with Gasteiger partial charge in [-0.25, -0.2) is 4.98 Å². The summed E-state index contributed by atoms with van der Waals surface area (Å²) < 4.78 is 5.41. The second-order valence-corrected chi connectivity index (χ2v) is 4.81. The molecule has 3 nitrogen and oxygen atoms in total. The summed E-state index contributed by atoms with van der Waals surface area (Å²) in [6.45, 7) is 7.61. The van der Waals surface area contributed by atoms with E-state index in [2.05, 4.69) is 16.9 Å². The highest BCUT2D eigenvalue weighted by molar-refractivity contribution is 6.34. The molecule has 1 aromatic heterocycles. The normalized spacial score (nSPS) is 10.6. The van der Waals surface area contributed by atoms with Crippen LogP contribution in [0, 0.1) is 0 Å². The fraction of sp³-hybridized carbons (Fsp3) is 0.267. The van der Waals surface area contributed by atoms with Crippen molar-refractivity contribution < 1.29 is 4.74 Å². The quantitative estimate of drug-likeness (QED) is 0.494. The number of rotatable bonds is 6. The highest BCUT2D eigenvalue weighted by Crippen LogP contribution is 2.24. The zero-order valence-corrected chi connectivity index (χ0v) is 11.7. The van der Waals surface area contributed by atoms with Crippen molar-refractivity contribution in [3.8, 4) is 0 Å². The lowest BCUT2D eigenvalue weighted by Crippen LogP contribution is -2.11. The summed E-state index contributed by atoms with van der Waals surface area (Å²) in [5.41, 5.74) is 1.02. The van der Waals surface area contributed by atoms with E-state index < -0.39 is 0 Å². The van der Waals surface area contributed by atoms with Crippen LogP contribution in [0.5, 0.6) is 0 Å². The van der Waals surface area contributed by atoms with E-state index in [0.717, 1.165) is 22.2 Å². The number of nitrogens with zero attached hydrogens (tertiary/aromatic N) is 1. The summed E-state index contributed by atoms with van der Waals surface area (Å²) in [4.78, 5) is 4.32. The van der Waals surface area contributed by atoms with E-state index in [4.69, 9.17) is 16.3 Å². The van der Waals surface area contributed by atoms with E-state index in [1.54, 1.807) is 0 Å². The van der Waals surface area contributed by atoms with E-state index in [9.17, 15) is 0 Å². The number of nitrogens with one attached hydrogen (secondary N) is 1. The van der Waals surface area contributed by atoms with E-state index in [0.29, 0.717) is 24.9 Å². The molecule has 0 bridgehead atoms. The average Bonchev–Trinajstić information content (AvgIpc) is 2.38. The lowest BCUT2D eigenvalue weighted by molar-refractivity contribution is 0.167. The number of fused-ring (bicyclic) bond motifs is 1. The maximum Gasteiger partial charge on any atom is 0.139 e. The van der Waals surface area contributed by atoms with Crippen LogP contribution in [0.1, 0.15) is 6.92 Å². The Hall–Kier alpha value is -1.58. The molecular weight excluding hydrogens is 260 g/mol. The Morgan fingerprint density at radius 2 is 2.21 bits per heavy atom. The van der Waals surface area contributed by atoms with Crippen LogP contribution in [0.4, 0.5) is 5.82 Å². The molecule has 1 heterocycles. The number of hydrogen-bond acceptors (Lipinski definition) is 3.